The molecule has 0 spiro atoms. The summed E-state index contributed by atoms with van der Waals surface area (Å²) in [7, 11) is 0. The molecule has 0 saturated heterocycles. The van der Waals surface area contributed by atoms with Gasteiger partial charge in [0.2, 0.25) is 0 Å². The van der Waals surface area contributed by atoms with Crippen molar-refractivity contribution in [2.75, 3.05) is 0 Å². The molecule has 0 fully saturated rings. The van der Waals surface area contributed by atoms with E-state index in [2.05, 4.69) is 0 Å². The van der Waals surface area contributed by atoms with Crippen molar-refractivity contribution in [3.8, 4) is 0 Å². The predicted octanol–water partition coefficient (Wildman–Crippen LogP) is 3.85. The Morgan fingerprint density at radius 2 is 1.76 bits per heavy atom. The summed E-state index contributed by atoms with van der Waals surface area (Å²) >= 11 is 5.88. The fourth-order valence-electron chi connectivity index (χ4n) is 2.80. The average Bonchev–Trinajstić information content (AvgIpc) is 2.89. The maximum absolute atomic E-state index is 12.6. The van der Waals surface area contributed by atoms with Crippen LogP contribution < -0.4 is 0 Å². The second-order valence-electron chi connectivity index (χ2n) is 5.19. The van der Waals surface area contributed by atoms with Gasteiger partial charge in [-0.3, -0.25) is 14.9 Å². The van der Waals surface area contributed by atoms with Crippen LogP contribution in [0.15, 0.2) is 42.5 Å². The maximum atomic E-state index is 12.6. The van der Waals surface area contributed by atoms with E-state index < -0.39 is 4.92 Å². The molecule has 1 aliphatic rings. The average molecular weight is 302 g/mol. The molecule has 0 unspecified atom stereocenters. The second-order valence-corrected chi connectivity index (χ2v) is 5.63. The maximum Gasteiger partial charge on any atom is 0.271 e. The smallest absolute Gasteiger partial charge is 0.271 e. The molecule has 2 aromatic rings. The Kier molecular flexibility index (Phi) is 3.47. The zero-order valence-corrected chi connectivity index (χ0v) is 11.8. The summed E-state index contributed by atoms with van der Waals surface area (Å²) in [6, 6.07) is 12.0. The van der Waals surface area contributed by atoms with E-state index in [-0.39, 0.29) is 22.4 Å². The first kappa shape index (κ1) is 13.8. The van der Waals surface area contributed by atoms with Crippen LogP contribution >= 0.6 is 11.6 Å². The van der Waals surface area contributed by atoms with Crippen LogP contribution in [0.1, 0.15) is 21.5 Å². The summed E-state index contributed by atoms with van der Waals surface area (Å²) in [5.41, 5.74) is 2.51. The van der Waals surface area contributed by atoms with Gasteiger partial charge in [-0.05, 0) is 30.0 Å². The molecule has 5 heteroatoms. The van der Waals surface area contributed by atoms with Gasteiger partial charge in [0.1, 0.15) is 0 Å². The van der Waals surface area contributed by atoms with E-state index >= 15 is 0 Å². The van der Waals surface area contributed by atoms with Crippen molar-refractivity contribution in [2.24, 2.45) is 5.92 Å². The molecule has 0 radical (unpaired) electrons. The monoisotopic (exact) mass is 301 g/mol. The highest BCUT2D eigenvalue weighted by Gasteiger charge is 2.28. The van der Waals surface area contributed by atoms with Gasteiger partial charge in [-0.15, -0.1) is 0 Å². The first-order chi connectivity index (χ1) is 10.0. The molecule has 0 aliphatic heterocycles. The molecule has 3 rings (SSSR count). The third-order valence-electron chi connectivity index (χ3n) is 3.80. The minimum atomic E-state index is -0.536. The molecule has 0 heterocycles. The number of hydrogen-bond acceptors (Lipinski definition) is 3. The minimum absolute atomic E-state index is 0.0863. The number of benzene rings is 2. The van der Waals surface area contributed by atoms with E-state index in [1.165, 1.54) is 29.3 Å². The summed E-state index contributed by atoms with van der Waals surface area (Å²) in [5.74, 6) is -0.253. The highest BCUT2D eigenvalue weighted by Crippen LogP contribution is 2.30. The van der Waals surface area contributed by atoms with E-state index in [1.54, 1.807) is 0 Å². The summed E-state index contributed by atoms with van der Waals surface area (Å²) < 4.78 is 0. The van der Waals surface area contributed by atoms with Crippen LogP contribution in [0.5, 0.6) is 0 Å². The lowest BCUT2D eigenvalue weighted by Gasteiger charge is -2.08. The number of carbonyl (C=O) groups is 1. The first-order valence-corrected chi connectivity index (χ1v) is 6.98. The van der Waals surface area contributed by atoms with E-state index in [0.29, 0.717) is 18.4 Å². The SMILES string of the molecule is O=C(c1cc(Cl)cc([N+](=O)[O-])c1)C1Cc2ccccc2C1. The van der Waals surface area contributed by atoms with E-state index in [4.69, 9.17) is 11.6 Å². The number of nitro groups is 1. The molecular formula is C16H12ClNO3. The molecule has 0 amide bonds. The van der Waals surface area contributed by atoms with Gasteiger partial charge < -0.3 is 0 Å². The van der Waals surface area contributed by atoms with Crippen molar-refractivity contribution in [3.05, 3.63) is 74.3 Å². The van der Waals surface area contributed by atoms with Gasteiger partial charge >= 0.3 is 0 Å². The number of rotatable bonds is 3. The van der Waals surface area contributed by atoms with Gasteiger partial charge in [0.05, 0.1) is 4.92 Å². The van der Waals surface area contributed by atoms with Crippen LogP contribution in [-0.4, -0.2) is 10.7 Å². The third-order valence-corrected chi connectivity index (χ3v) is 4.02. The van der Waals surface area contributed by atoms with Crippen LogP contribution in [0.25, 0.3) is 0 Å². The number of nitro benzene ring substituents is 1. The number of halogens is 1. The van der Waals surface area contributed by atoms with E-state index in [1.807, 2.05) is 24.3 Å². The summed E-state index contributed by atoms with van der Waals surface area (Å²) in [5, 5.41) is 11.1. The molecule has 0 saturated carbocycles. The molecule has 0 N–H and O–H groups in total. The van der Waals surface area contributed by atoms with Crippen molar-refractivity contribution in [1.29, 1.82) is 0 Å². The Labute approximate surface area is 126 Å². The highest BCUT2D eigenvalue weighted by molar-refractivity contribution is 6.31. The molecule has 2 aromatic carbocycles. The first-order valence-electron chi connectivity index (χ1n) is 6.60. The van der Waals surface area contributed by atoms with Crippen LogP contribution in [0.4, 0.5) is 5.69 Å². The number of hydrogen-bond donors (Lipinski definition) is 0. The van der Waals surface area contributed by atoms with Crippen LogP contribution in [0.2, 0.25) is 5.02 Å². The predicted molar refractivity (Wildman–Crippen MR) is 79.8 cm³/mol. The molecule has 106 valence electrons. The van der Waals surface area contributed by atoms with Crippen molar-refractivity contribution in [3.63, 3.8) is 0 Å². The van der Waals surface area contributed by atoms with E-state index in [0.717, 1.165) is 0 Å². The lowest BCUT2D eigenvalue weighted by molar-refractivity contribution is -0.384. The Bertz CT molecular complexity index is 717. The standard InChI is InChI=1S/C16H12ClNO3/c17-14-7-13(8-15(9-14)18(20)21)16(19)12-5-10-3-1-2-4-11(10)6-12/h1-4,7-9,12H,5-6H2. The second kappa shape index (κ2) is 5.30. The van der Waals surface area contributed by atoms with Gasteiger partial charge in [-0.25, -0.2) is 0 Å². The Morgan fingerprint density at radius 3 is 2.33 bits per heavy atom. The minimum Gasteiger partial charge on any atom is -0.294 e. The van der Waals surface area contributed by atoms with Gasteiger partial charge in [-0.2, -0.15) is 0 Å². The topological polar surface area (TPSA) is 60.2 Å². The zero-order chi connectivity index (χ0) is 15.0. The van der Waals surface area contributed by atoms with Gasteiger partial charge in [-0.1, -0.05) is 35.9 Å². The number of carbonyl (C=O) groups excluding carboxylic acids is 1. The van der Waals surface area contributed by atoms with Crippen LogP contribution in [0.3, 0.4) is 0 Å². The fraction of sp³-hybridized carbons (Fsp3) is 0.188. The Hall–Kier alpha value is -2.20. The van der Waals surface area contributed by atoms with Crippen LogP contribution in [0, 0.1) is 16.0 Å². The fourth-order valence-corrected chi connectivity index (χ4v) is 3.03. The molecule has 4 nitrogen and oxygen atoms in total. The van der Waals surface area contributed by atoms with E-state index in [9.17, 15) is 14.9 Å². The van der Waals surface area contributed by atoms with Crippen molar-refractivity contribution in [2.45, 2.75) is 12.8 Å². The van der Waals surface area contributed by atoms with Gasteiger partial charge in [0.25, 0.3) is 5.69 Å². The number of ketones is 1. The molecule has 21 heavy (non-hydrogen) atoms. The quantitative estimate of drug-likeness (QED) is 0.491. The third kappa shape index (κ3) is 2.67. The lowest BCUT2D eigenvalue weighted by Crippen LogP contribution is -2.15. The van der Waals surface area contributed by atoms with Crippen molar-refractivity contribution in [1.82, 2.24) is 0 Å². The molecule has 0 atom stereocenters. The van der Waals surface area contributed by atoms with Crippen molar-refractivity contribution >= 4 is 23.1 Å². The number of fused-ring (bicyclic) bond motifs is 1. The molecular weight excluding hydrogens is 290 g/mol. The van der Waals surface area contributed by atoms with Crippen LogP contribution in [-0.2, 0) is 12.8 Å². The Morgan fingerprint density at radius 1 is 1.14 bits per heavy atom. The number of Topliss-reactive ketones (excluding diaryl/α,β-unsaturated/α-hetero) is 1. The van der Waals surface area contributed by atoms with Crippen molar-refractivity contribution < 1.29 is 9.72 Å². The van der Waals surface area contributed by atoms with Gasteiger partial charge in [0, 0.05) is 28.6 Å². The molecule has 1 aliphatic carbocycles. The zero-order valence-electron chi connectivity index (χ0n) is 11.1. The normalized spacial score (nSPS) is 14.0. The largest absolute Gasteiger partial charge is 0.294 e. The summed E-state index contributed by atoms with van der Waals surface area (Å²) in [4.78, 5) is 22.9. The highest BCUT2D eigenvalue weighted by atomic mass is 35.5. The lowest BCUT2D eigenvalue weighted by atomic mass is 9.95. The molecule has 0 bridgehead atoms. The summed E-state index contributed by atoms with van der Waals surface area (Å²) in [6.45, 7) is 0. The number of nitrogens with zero attached hydrogens (tertiary/aromatic N) is 1. The Balaban J connectivity index is 1.89. The molecule has 0 aromatic heterocycles. The van der Waals surface area contributed by atoms with Gasteiger partial charge in [0.15, 0.2) is 5.78 Å². The summed E-state index contributed by atoms with van der Waals surface area (Å²) in [6.07, 6.45) is 1.35. The number of non-ortho nitro benzene ring substituents is 1.